The molecule has 0 saturated heterocycles. The zero-order valence-electron chi connectivity index (χ0n) is 8.02. The van der Waals surface area contributed by atoms with Crippen LogP contribution in [0, 0.1) is 17.9 Å². The van der Waals surface area contributed by atoms with Crippen molar-refractivity contribution in [1.29, 1.82) is 5.26 Å². The molecule has 2 aliphatic rings. The van der Waals surface area contributed by atoms with Crippen molar-refractivity contribution in [2.45, 2.75) is 0 Å². The molecule has 16 heavy (non-hydrogen) atoms. The van der Waals surface area contributed by atoms with E-state index in [1.165, 1.54) is 24.3 Å². The van der Waals surface area contributed by atoms with Crippen LogP contribution in [-0.2, 0) is 9.59 Å². The van der Waals surface area contributed by atoms with Crippen molar-refractivity contribution in [2.75, 3.05) is 0 Å². The van der Waals surface area contributed by atoms with Gasteiger partial charge in [-0.2, -0.15) is 5.26 Å². The molecule has 0 saturated carbocycles. The van der Waals surface area contributed by atoms with Gasteiger partial charge in [0.15, 0.2) is 11.6 Å². The molecule has 2 aliphatic carbocycles. The summed E-state index contributed by atoms with van der Waals surface area (Å²) in [6.07, 6.45) is 5.23. The first-order valence-electron chi connectivity index (χ1n) is 4.40. The van der Waals surface area contributed by atoms with Gasteiger partial charge in [0.1, 0.15) is 11.6 Å². The molecule has 0 aromatic heterocycles. The fraction of sp³-hybridized carbons (Fsp3) is 0. The van der Waals surface area contributed by atoms with E-state index in [0.29, 0.717) is 11.1 Å². The van der Waals surface area contributed by atoms with Crippen molar-refractivity contribution in [3.63, 3.8) is 0 Å². The number of rotatable bonds is 0. The number of carbonyl (C=O) groups excluding carboxylic acids is 2. The standard InChI is InChI=1S/C12H4N2O2/c1-14-12-8-3-4-10(15)9(6-13)7(8)2-5-11(12)16/h2-5H. The lowest BCUT2D eigenvalue weighted by Gasteiger charge is -2.15. The summed E-state index contributed by atoms with van der Waals surface area (Å²) in [7, 11) is 0. The molecule has 0 aromatic rings. The third-order valence-electron chi connectivity index (χ3n) is 2.32. The Balaban J connectivity index is 2.77. The molecule has 0 unspecified atom stereocenters. The van der Waals surface area contributed by atoms with Crippen LogP contribution >= 0.6 is 0 Å². The number of carbonyl (C=O) groups is 2. The molecule has 0 radical (unpaired) electrons. The second-order valence-corrected chi connectivity index (χ2v) is 3.17. The average molecular weight is 208 g/mol. The predicted octanol–water partition coefficient (Wildman–Crippen LogP) is 1.26. The van der Waals surface area contributed by atoms with Gasteiger partial charge < -0.3 is 4.79 Å². The summed E-state index contributed by atoms with van der Waals surface area (Å²) in [6.45, 7) is 6.91. The maximum atomic E-state index is 11.4. The average Bonchev–Trinajstić information content (AvgIpc) is 2.29. The number of nitrogens with zero attached hydrogens (tertiary/aromatic N) is 2. The molecule has 0 atom stereocenters. The summed E-state index contributed by atoms with van der Waals surface area (Å²) < 4.78 is 0. The molecular formula is C12H4N2O2. The minimum absolute atomic E-state index is 0.0256. The molecule has 0 aromatic carbocycles. The lowest BCUT2D eigenvalue weighted by molar-refractivity contribution is -0.112. The molecular weight excluding hydrogens is 204 g/mol. The maximum Gasteiger partial charge on any atom is 0.241 e. The predicted molar refractivity (Wildman–Crippen MR) is 54.6 cm³/mol. The zero-order valence-corrected chi connectivity index (χ0v) is 8.02. The highest BCUT2D eigenvalue weighted by Gasteiger charge is 2.26. The Morgan fingerprint density at radius 2 is 1.69 bits per heavy atom. The minimum Gasteiger partial charge on any atom is -0.303 e. The summed E-state index contributed by atoms with van der Waals surface area (Å²) >= 11 is 0. The van der Waals surface area contributed by atoms with Crippen LogP contribution in [0.3, 0.4) is 0 Å². The van der Waals surface area contributed by atoms with Crippen molar-refractivity contribution >= 4 is 11.6 Å². The van der Waals surface area contributed by atoms with Crippen LogP contribution in [-0.4, -0.2) is 11.6 Å². The Kier molecular flexibility index (Phi) is 2.12. The third-order valence-corrected chi connectivity index (χ3v) is 2.32. The maximum absolute atomic E-state index is 11.4. The summed E-state index contributed by atoms with van der Waals surface area (Å²) in [6, 6.07) is 1.79. The van der Waals surface area contributed by atoms with Gasteiger partial charge in [-0.25, -0.2) is 4.85 Å². The molecule has 4 nitrogen and oxygen atoms in total. The van der Waals surface area contributed by atoms with E-state index >= 15 is 0 Å². The van der Waals surface area contributed by atoms with Gasteiger partial charge in [-0.3, -0.25) is 4.79 Å². The quantitative estimate of drug-likeness (QED) is 0.563. The zero-order chi connectivity index (χ0) is 11.7. The van der Waals surface area contributed by atoms with Crippen LogP contribution in [0.1, 0.15) is 0 Å². The first-order chi connectivity index (χ1) is 7.69. The van der Waals surface area contributed by atoms with Crippen molar-refractivity contribution in [1.82, 2.24) is 0 Å². The van der Waals surface area contributed by atoms with Gasteiger partial charge in [0, 0.05) is 0 Å². The van der Waals surface area contributed by atoms with Gasteiger partial charge in [0.25, 0.3) is 0 Å². The second-order valence-electron chi connectivity index (χ2n) is 3.17. The molecule has 0 N–H and O–H groups in total. The Bertz CT molecular complexity index is 560. The number of allylic oxidation sites excluding steroid dienone is 7. The lowest BCUT2D eigenvalue weighted by atomic mass is 9.87. The summed E-state index contributed by atoms with van der Waals surface area (Å²) in [5, 5.41) is 8.84. The van der Waals surface area contributed by atoms with Crippen LogP contribution in [0.2, 0.25) is 0 Å². The van der Waals surface area contributed by atoms with Crippen molar-refractivity contribution in [3.8, 4) is 6.07 Å². The van der Waals surface area contributed by atoms with Crippen molar-refractivity contribution in [2.24, 2.45) is 0 Å². The fourth-order valence-electron chi connectivity index (χ4n) is 1.58. The largest absolute Gasteiger partial charge is 0.303 e. The molecule has 0 fully saturated rings. The number of hydrogen-bond donors (Lipinski definition) is 0. The molecule has 0 aliphatic heterocycles. The smallest absolute Gasteiger partial charge is 0.241 e. The van der Waals surface area contributed by atoms with E-state index in [0.717, 1.165) is 0 Å². The van der Waals surface area contributed by atoms with Gasteiger partial charge in [0.2, 0.25) is 5.70 Å². The monoisotopic (exact) mass is 208 g/mol. The SMILES string of the molecule is [C-]#[N+]C1=C2C=CC(=O)C(C#N)=C2C=CC1=O. The fourth-order valence-corrected chi connectivity index (χ4v) is 1.58. The molecule has 4 heteroatoms. The Hall–Kier alpha value is -2.72. The topological polar surface area (TPSA) is 62.3 Å². The van der Waals surface area contributed by atoms with Crippen LogP contribution in [0.4, 0.5) is 0 Å². The van der Waals surface area contributed by atoms with Crippen LogP contribution in [0.25, 0.3) is 4.85 Å². The number of nitriles is 1. The van der Waals surface area contributed by atoms with Gasteiger partial charge >= 0.3 is 0 Å². The van der Waals surface area contributed by atoms with E-state index in [2.05, 4.69) is 4.85 Å². The van der Waals surface area contributed by atoms with E-state index in [1.807, 2.05) is 0 Å². The molecule has 0 heterocycles. The van der Waals surface area contributed by atoms with Crippen LogP contribution in [0.5, 0.6) is 0 Å². The van der Waals surface area contributed by atoms with E-state index in [-0.39, 0.29) is 11.3 Å². The van der Waals surface area contributed by atoms with E-state index in [4.69, 9.17) is 11.8 Å². The normalized spacial score (nSPS) is 18.4. The van der Waals surface area contributed by atoms with Crippen molar-refractivity contribution in [3.05, 3.63) is 58.1 Å². The molecule has 0 bridgehead atoms. The summed E-state index contributed by atoms with van der Waals surface area (Å²) in [5.74, 6) is -0.797. The highest BCUT2D eigenvalue weighted by Crippen LogP contribution is 2.30. The third kappa shape index (κ3) is 1.22. The molecule has 2 rings (SSSR count). The first-order valence-corrected chi connectivity index (χ1v) is 4.40. The van der Waals surface area contributed by atoms with Gasteiger partial charge in [-0.05, 0) is 23.3 Å². The highest BCUT2D eigenvalue weighted by molar-refractivity contribution is 6.15. The van der Waals surface area contributed by atoms with E-state index < -0.39 is 11.6 Å². The number of fused-ring (bicyclic) bond motifs is 1. The molecule has 0 spiro atoms. The second kappa shape index (κ2) is 3.45. The van der Waals surface area contributed by atoms with Gasteiger partial charge in [0.05, 0.1) is 6.57 Å². The van der Waals surface area contributed by atoms with Gasteiger partial charge in [-0.15, -0.1) is 0 Å². The highest BCUT2D eigenvalue weighted by atomic mass is 16.1. The Labute approximate surface area is 91.3 Å². The van der Waals surface area contributed by atoms with Gasteiger partial charge in [-0.1, -0.05) is 12.2 Å². The van der Waals surface area contributed by atoms with E-state index in [9.17, 15) is 9.59 Å². The van der Waals surface area contributed by atoms with Crippen molar-refractivity contribution < 1.29 is 9.59 Å². The lowest BCUT2D eigenvalue weighted by Crippen LogP contribution is -2.13. The van der Waals surface area contributed by atoms with Crippen LogP contribution in [0.15, 0.2) is 46.7 Å². The molecule has 0 amide bonds. The summed E-state index contributed by atoms with van der Waals surface area (Å²) in [5.41, 5.74) is 0.649. The summed E-state index contributed by atoms with van der Waals surface area (Å²) in [4.78, 5) is 25.9. The number of hydrogen-bond acceptors (Lipinski definition) is 3. The Morgan fingerprint density at radius 1 is 1.06 bits per heavy atom. The number of ketones is 2. The minimum atomic E-state index is -0.399. The van der Waals surface area contributed by atoms with Crippen LogP contribution < -0.4 is 0 Å². The first kappa shape index (κ1) is 9.82. The molecule has 74 valence electrons. The Morgan fingerprint density at radius 3 is 2.31 bits per heavy atom. The van der Waals surface area contributed by atoms with E-state index in [1.54, 1.807) is 6.07 Å².